The molecule has 0 aromatic rings. The van der Waals surface area contributed by atoms with E-state index in [1.165, 1.54) is 64.2 Å². The molecule has 1 rings (SSSR count). The highest BCUT2D eigenvalue weighted by Gasteiger charge is 2.26. The van der Waals surface area contributed by atoms with Gasteiger partial charge in [-0.25, -0.2) is 0 Å². The van der Waals surface area contributed by atoms with Gasteiger partial charge >= 0.3 is 17.9 Å². The Labute approximate surface area is 333 Å². The van der Waals surface area contributed by atoms with Crippen LogP contribution in [0.15, 0.2) is 0 Å². The van der Waals surface area contributed by atoms with Crippen molar-refractivity contribution >= 4 is 17.9 Å². The smallest absolute Gasteiger partial charge is 0.308 e. The van der Waals surface area contributed by atoms with Crippen LogP contribution in [-0.2, 0) is 28.6 Å². The van der Waals surface area contributed by atoms with Crippen molar-refractivity contribution in [2.24, 2.45) is 23.7 Å². The van der Waals surface area contributed by atoms with Gasteiger partial charge in [0.05, 0.1) is 17.8 Å². The van der Waals surface area contributed by atoms with Crippen LogP contribution in [0.5, 0.6) is 0 Å². The van der Waals surface area contributed by atoms with Gasteiger partial charge in [0.25, 0.3) is 0 Å². The molecule has 0 bridgehead atoms. The minimum absolute atomic E-state index is 0.0763. The highest BCUT2D eigenvalue weighted by atomic mass is 16.6. The summed E-state index contributed by atoms with van der Waals surface area (Å²) in [5.74, 6) is -0.781. The second kappa shape index (κ2) is 35.7. The molecule has 8 heteroatoms. The summed E-state index contributed by atoms with van der Waals surface area (Å²) in [7, 11) is 0. The third-order valence-electron chi connectivity index (χ3n) is 11.3. The van der Waals surface area contributed by atoms with Crippen molar-refractivity contribution in [3.8, 4) is 0 Å². The molecule has 0 aromatic heterocycles. The lowest BCUT2D eigenvalue weighted by atomic mass is 9.94. The van der Waals surface area contributed by atoms with E-state index in [0.717, 1.165) is 129 Å². The van der Waals surface area contributed by atoms with E-state index < -0.39 is 5.92 Å². The molecule has 0 aliphatic carbocycles. The van der Waals surface area contributed by atoms with Gasteiger partial charge < -0.3 is 24.2 Å². The van der Waals surface area contributed by atoms with Gasteiger partial charge in [-0.3, -0.25) is 14.4 Å². The maximum absolute atomic E-state index is 13.5. The first kappa shape index (κ1) is 50.3. The molecule has 2 atom stereocenters. The van der Waals surface area contributed by atoms with Crippen molar-refractivity contribution in [1.82, 2.24) is 4.90 Å². The molecule has 318 valence electrons. The van der Waals surface area contributed by atoms with Crippen molar-refractivity contribution in [3.05, 3.63) is 0 Å². The first-order valence-electron chi connectivity index (χ1n) is 23.2. The van der Waals surface area contributed by atoms with E-state index in [4.69, 9.17) is 14.2 Å². The predicted molar refractivity (Wildman–Crippen MR) is 222 cm³/mol. The fourth-order valence-corrected chi connectivity index (χ4v) is 7.56. The number of rotatable bonds is 39. The molecule has 1 heterocycles. The molecule has 1 fully saturated rings. The molecule has 2 unspecified atom stereocenters. The lowest BCUT2D eigenvalue weighted by molar-refractivity contribution is -0.157. The van der Waals surface area contributed by atoms with E-state index in [2.05, 4.69) is 32.6 Å². The average Bonchev–Trinajstić information content (AvgIpc) is 3.15. The molecule has 54 heavy (non-hydrogen) atoms. The van der Waals surface area contributed by atoms with Crippen LogP contribution in [0.25, 0.3) is 0 Å². The van der Waals surface area contributed by atoms with Crippen LogP contribution in [0.4, 0.5) is 0 Å². The molecule has 1 saturated heterocycles. The van der Waals surface area contributed by atoms with Gasteiger partial charge in [-0.15, -0.1) is 0 Å². The van der Waals surface area contributed by atoms with Crippen LogP contribution in [0.3, 0.4) is 0 Å². The second-order valence-electron chi connectivity index (χ2n) is 16.6. The van der Waals surface area contributed by atoms with Gasteiger partial charge in [0.2, 0.25) is 0 Å². The van der Waals surface area contributed by atoms with Gasteiger partial charge in [-0.05, 0) is 45.1 Å². The average molecular weight is 766 g/mol. The largest absolute Gasteiger partial charge is 0.465 e. The summed E-state index contributed by atoms with van der Waals surface area (Å²) in [5.41, 5.74) is 0. The number of aliphatic hydroxyl groups excluding tert-OH is 1. The second-order valence-corrected chi connectivity index (χ2v) is 16.6. The zero-order chi connectivity index (χ0) is 39.5. The third-order valence-corrected chi connectivity index (χ3v) is 11.3. The first-order chi connectivity index (χ1) is 26.4. The van der Waals surface area contributed by atoms with Gasteiger partial charge in [-0.2, -0.15) is 0 Å². The number of unbranched alkanes of at least 4 members (excludes halogenated alkanes) is 18. The van der Waals surface area contributed by atoms with Crippen LogP contribution >= 0.6 is 0 Å². The summed E-state index contributed by atoms with van der Waals surface area (Å²) in [6.07, 6.45) is 29.8. The molecule has 1 aliphatic heterocycles. The van der Waals surface area contributed by atoms with Crippen LogP contribution in [-0.4, -0.2) is 74.0 Å². The molecule has 0 radical (unpaired) electrons. The first-order valence-corrected chi connectivity index (χ1v) is 23.2. The predicted octanol–water partition coefficient (Wildman–Crippen LogP) is 11.4. The summed E-state index contributed by atoms with van der Waals surface area (Å²) in [6, 6.07) is 0. The topological polar surface area (TPSA) is 102 Å². The molecule has 1 aliphatic rings. The summed E-state index contributed by atoms with van der Waals surface area (Å²) in [6.45, 7) is 12.3. The summed E-state index contributed by atoms with van der Waals surface area (Å²) < 4.78 is 17.7. The van der Waals surface area contributed by atoms with E-state index in [9.17, 15) is 19.5 Å². The van der Waals surface area contributed by atoms with E-state index in [1.54, 1.807) is 0 Å². The highest BCUT2D eigenvalue weighted by Crippen LogP contribution is 2.23. The van der Waals surface area contributed by atoms with E-state index >= 15 is 0 Å². The molecule has 0 saturated carbocycles. The van der Waals surface area contributed by atoms with E-state index in [0.29, 0.717) is 12.3 Å². The maximum Gasteiger partial charge on any atom is 0.308 e. The number of aliphatic hydroxyl groups is 1. The highest BCUT2D eigenvalue weighted by molar-refractivity contribution is 5.73. The molecule has 0 aromatic carbocycles. The zero-order valence-electron chi connectivity index (χ0n) is 35.9. The van der Waals surface area contributed by atoms with Crippen molar-refractivity contribution in [2.45, 2.75) is 207 Å². The number of carbonyl (C=O) groups is 3. The molecule has 0 spiro atoms. The van der Waals surface area contributed by atoms with E-state index in [1.807, 2.05) is 0 Å². The number of likely N-dealkylation sites (tertiary alicyclic amines) is 1. The standard InChI is InChI=1S/C46H87NO7/c1-5-9-13-17-19-24-30-42(28-22-15-11-7-3)45(50)53-38-41(37-52-44(49)32-26-21-27-33-47-34-40(35-47)36-48)39-54-46(51)43(29-23-16-12-8-4)31-25-20-18-14-10-6-2/h40-43,48H,5-39H2,1-4H3. The number of ether oxygens (including phenoxy) is 3. The Morgan fingerprint density at radius 2 is 0.889 bits per heavy atom. The lowest BCUT2D eigenvalue weighted by Crippen LogP contribution is -2.48. The number of carbonyl (C=O) groups excluding carboxylic acids is 3. The van der Waals surface area contributed by atoms with E-state index in [-0.39, 0.29) is 56.2 Å². The van der Waals surface area contributed by atoms with Crippen LogP contribution in [0.1, 0.15) is 207 Å². The Morgan fingerprint density at radius 1 is 0.519 bits per heavy atom. The fraction of sp³-hybridized carbons (Fsp3) is 0.935. The van der Waals surface area contributed by atoms with Gasteiger partial charge in [0.1, 0.15) is 19.8 Å². The minimum atomic E-state index is -0.391. The van der Waals surface area contributed by atoms with Gasteiger partial charge in [-0.1, -0.05) is 163 Å². The SMILES string of the molecule is CCCCCCCCC(CCCCCC)C(=O)OCC(COC(=O)CCCCCN1CC(CO)C1)COC(=O)C(CCCCCC)CCCCCCCC. The number of hydrogen-bond acceptors (Lipinski definition) is 8. The number of nitrogens with zero attached hydrogens (tertiary/aromatic N) is 1. The molecule has 0 amide bonds. The lowest BCUT2D eigenvalue weighted by Gasteiger charge is -2.38. The van der Waals surface area contributed by atoms with Crippen LogP contribution < -0.4 is 0 Å². The van der Waals surface area contributed by atoms with Gasteiger partial charge in [0.15, 0.2) is 0 Å². The van der Waals surface area contributed by atoms with Crippen molar-refractivity contribution in [1.29, 1.82) is 0 Å². The Balaban J connectivity index is 2.79. The summed E-state index contributed by atoms with van der Waals surface area (Å²) in [4.78, 5) is 42.1. The quantitative estimate of drug-likeness (QED) is 0.0375. The minimum Gasteiger partial charge on any atom is -0.465 e. The Hall–Kier alpha value is -1.67. The van der Waals surface area contributed by atoms with Crippen LogP contribution in [0, 0.1) is 23.7 Å². The molecule has 1 N–H and O–H groups in total. The normalized spacial score (nSPS) is 15.1. The number of esters is 3. The Bertz CT molecular complexity index is 844. The van der Waals surface area contributed by atoms with Crippen molar-refractivity contribution < 1.29 is 33.7 Å². The molecular weight excluding hydrogens is 679 g/mol. The molecular formula is C46H87NO7. The van der Waals surface area contributed by atoms with Crippen molar-refractivity contribution in [2.75, 3.05) is 46.1 Å². The summed E-state index contributed by atoms with van der Waals surface area (Å²) >= 11 is 0. The van der Waals surface area contributed by atoms with Crippen molar-refractivity contribution in [3.63, 3.8) is 0 Å². The van der Waals surface area contributed by atoms with Crippen LogP contribution in [0.2, 0.25) is 0 Å². The fourth-order valence-electron chi connectivity index (χ4n) is 7.56. The summed E-state index contributed by atoms with van der Waals surface area (Å²) in [5, 5.41) is 9.23. The molecule has 8 nitrogen and oxygen atoms in total. The zero-order valence-corrected chi connectivity index (χ0v) is 35.9. The van der Waals surface area contributed by atoms with Gasteiger partial charge in [0, 0.05) is 32.0 Å². The Kier molecular flexibility index (Phi) is 33.3. The Morgan fingerprint density at radius 3 is 1.31 bits per heavy atom. The monoisotopic (exact) mass is 766 g/mol. The number of hydrogen-bond donors (Lipinski definition) is 1. The maximum atomic E-state index is 13.5. The third kappa shape index (κ3) is 27.0.